The second-order valence-corrected chi connectivity index (χ2v) is 3.95. The number of allylic oxidation sites excluding steroid dienone is 1. The average molecular weight is 297 g/mol. The maximum atomic E-state index is 10.9. The first-order valence-corrected chi connectivity index (χ1v) is 5.89. The van der Waals surface area contributed by atoms with Crippen molar-refractivity contribution in [2.24, 2.45) is 5.10 Å². The summed E-state index contributed by atoms with van der Waals surface area (Å²) in [6, 6.07) is 9.77. The van der Waals surface area contributed by atoms with Crippen LogP contribution >= 0.6 is 15.9 Å². The number of ether oxygens (including phenoxy) is 1. The molecule has 1 aromatic rings. The van der Waals surface area contributed by atoms with Crippen LogP contribution < -0.4 is 5.43 Å². The Hall–Kier alpha value is -1.62. The quantitative estimate of drug-likeness (QED) is 0.685. The van der Waals surface area contributed by atoms with Crippen molar-refractivity contribution in [1.82, 2.24) is 5.43 Å². The normalized spacial score (nSPS) is 11.5. The Morgan fingerprint density at radius 2 is 2.18 bits per heavy atom. The molecular weight excluding hydrogens is 284 g/mol. The minimum absolute atomic E-state index is 0.322. The third-order valence-corrected chi connectivity index (χ3v) is 2.16. The molecule has 1 amide bonds. The number of hydrogen-bond acceptors (Lipinski definition) is 3. The van der Waals surface area contributed by atoms with E-state index in [1.54, 1.807) is 6.92 Å². The Morgan fingerprint density at radius 1 is 1.47 bits per heavy atom. The minimum atomic E-state index is -0.566. The van der Waals surface area contributed by atoms with Crippen molar-refractivity contribution >= 4 is 34.3 Å². The highest BCUT2D eigenvalue weighted by Gasteiger charge is 1.95. The van der Waals surface area contributed by atoms with Gasteiger partial charge in [0, 0.05) is 4.48 Å². The van der Waals surface area contributed by atoms with Crippen LogP contribution in [0.25, 0.3) is 6.08 Å². The van der Waals surface area contributed by atoms with Crippen LogP contribution in [-0.4, -0.2) is 18.9 Å². The molecule has 0 aliphatic rings. The van der Waals surface area contributed by atoms with Crippen molar-refractivity contribution in [3.8, 4) is 0 Å². The molecule has 4 nitrogen and oxygen atoms in total. The lowest BCUT2D eigenvalue weighted by molar-refractivity contribution is 0.152. The van der Waals surface area contributed by atoms with E-state index >= 15 is 0 Å². The molecule has 90 valence electrons. The van der Waals surface area contributed by atoms with Gasteiger partial charge < -0.3 is 4.74 Å². The molecule has 1 rings (SSSR count). The summed E-state index contributed by atoms with van der Waals surface area (Å²) in [6.07, 6.45) is 2.81. The van der Waals surface area contributed by atoms with Gasteiger partial charge in [-0.05, 0) is 34.5 Å². The molecule has 1 N–H and O–H groups in total. The van der Waals surface area contributed by atoms with Gasteiger partial charge in [0.2, 0.25) is 0 Å². The van der Waals surface area contributed by atoms with Gasteiger partial charge in [0.05, 0.1) is 12.8 Å². The molecule has 0 aromatic heterocycles. The molecule has 0 atom stereocenters. The lowest BCUT2D eigenvalue weighted by Gasteiger charge is -1.98. The third-order valence-electron chi connectivity index (χ3n) is 1.72. The first-order chi connectivity index (χ1) is 8.22. The SMILES string of the molecule is CCOC(=O)NN=C/C(Br)=C/c1ccccc1. The van der Waals surface area contributed by atoms with Crippen molar-refractivity contribution in [1.29, 1.82) is 0 Å². The Kier molecular flexibility index (Phi) is 6.03. The monoisotopic (exact) mass is 296 g/mol. The van der Waals surface area contributed by atoms with E-state index < -0.39 is 6.09 Å². The van der Waals surface area contributed by atoms with Crippen LogP contribution in [0, 0.1) is 0 Å². The lowest BCUT2D eigenvalue weighted by atomic mass is 10.2. The Labute approximate surface area is 108 Å². The van der Waals surface area contributed by atoms with E-state index in [0.29, 0.717) is 6.61 Å². The number of benzene rings is 1. The van der Waals surface area contributed by atoms with Crippen LogP contribution in [0.2, 0.25) is 0 Å². The van der Waals surface area contributed by atoms with Gasteiger partial charge in [0.25, 0.3) is 0 Å². The maximum absolute atomic E-state index is 10.9. The average Bonchev–Trinajstić information content (AvgIpc) is 2.30. The standard InChI is InChI=1S/C12H13BrN2O2/c1-2-17-12(16)15-14-9-11(13)8-10-6-4-3-5-7-10/h3-9H,2H2,1H3,(H,15,16)/b11-8-,14-9?. The number of amides is 1. The third kappa shape index (κ3) is 5.87. The Morgan fingerprint density at radius 3 is 2.82 bits per heavy atom. The molecule has 0 saturated heterocycles. The van der Waals surface area contributed by atoms with Gasteiger partial charge in [-0.15, -0.1) is 0 Å². The summed E-state index contributed by atoms with van der Waals surface area (Å²) in [7, 11) is 0. The molecule has 0 bridgehead atoms. The number of carbonyl (C=O) groups is 1. The number of carbonyl (C=O) groups excluding carboxylic acids is 1. The van der Waals surface area contributed by atoms with E-state index in [-0.39, 0.29) is 0 Å². The second kappa shape index (κ2) is 7.62. The van der Waals surface area contributed by atoms with Crippen molar-refractivity contribution in [3.63, 3.8) is 0 Å². The molecule has 0 unspecified atom stereocenters. The fourth-order valence-electron chi connectivity index (χ4n) is 1.06. The zero-order chi connectivity index (χ0) is 12.5. The van der Waals surface area contributed by atoms with Crippen LogP contribution in [0.15, 0.2) is 39.9 Å². The molecule has 0 aliphatic carbocycles. The molecule has 17 heavy (non-hydrogen) atoms. The van der Waals surface area contributed by atoms with Crippen molar-refractivity contribution in [2.45, 2.75) is 6.92 Å². The van der Waals surface area contributed by atoms with E-state index in [1.807, 2.05) is 36.4 Å². The van der Waals surface area contributed by atoms with E-state index in [2.05, 4.69) is 31.2 Å². The molecule has 0 radical (unpaired) electrons. The molecule has 0 aliphatic heterocycles. The second-order valence-electron chi connectivity index (χ2n) is 3.03. The van der Waals surface area contributed by atoms with Crippen LogP contribution in [0.1, 0.15) is 12.5 Å². The highest BCUT2D eigenvalue weighted by atomic mass is 79.9. The fourth-order valence-corrected chi connectivity index (χ4v) is 1.42. The van der Waals surface area contributed by atoms with E-state index in [1.165, 1.54) is 6.21 Å². The Bertz CT molecular complexity index is 416. The summed E-state index contributed by atoms with van der Waals surface area (Å²) in [6.45, 7) is 2.05. The predicted octanol–water partition coefficient (Wildman–Crippen LogP) is 3.15. The van der Waals surface area contributed by atoms with Gasteiger partial charge in [-0.25, -0.2) is 10.2 Å². The molecular formula is C12H13BrN2O2. The van der Waals surface area contributed by atoms with Crippen LogP contribution in [0.5, 0.6) is 0 Å². The summed E-state index contributed by atoms with van der Waals surface area (Å²) in [4.78, 5) is 10.9. The van der Waals surface area contributed by atoms with Gasteiger partial charge >= 0.3 is 6.09 Å². The van der Waals surface area contributed by atoms with E-state index in [4.69, 9.17) is 0 Å². The number of nitrogens with one attached hydrogen (secondary N) is 1. The van der Waals surface area contributed by atoms with Crippen molar-refractivity contribution in [2.75, 3.05) is 6.61 Å². The van der Waals surface area contributed by atoms with Crippen molar-refractivity contribution < 1.29 is 9.53 Å². The largest absolute Gasteiger partial charge is 0.449 e. The summed E-state index contributed by atoms with van der Waals surface area (Å²) in [5.74, 6) is 0. The van der Waals surface area contributed by atoms with Crippen LogP contribution in [-0.2, 0) is 4.74 Å². The first-order valence-electron chi connectivity index (χ1n) is 5.10. The first kappa shape index (κ1) is 13.4. The number of rotatable bonds is 4. The summed E-state index contributed by atoms with van der Waals surface area (Å²) in [5.41, 5.74) is 3.28. The fraction of sp³-hybridized carbons (Fsp3) is 0.167. The number of hydrogen-bond donors (Lipinski definition) is 1. The summed E-state index contributed by atoms with van der Waals surface area (Å²) >= 11 is 3.32. The Balaban J connectivity index is 2.49. The zero-order valence-corrected chi connectivity index (χ0v) is 11.0. The van der Waals surface area contributed by atoms with E-state index in [9.17, 15) is 4.79 Å². The summed E-state index contributed by atoms with van der Waals surface area (Å²) < 4.78 is 5.39. The molecule has 0 fully saturated rings. The molecule has 1 aromatic carbocycles. The van der Waals surface area contributed by atoms with Crippen molar-refractivity contribution in [3.05, 3.63) is 40.4 Å². The van der Waals surface area contributed by atoms with Gasteiger partial charge in [-0.1, -0.05) is 30.3 Å². The smallest absolute Gasteiger partial charge is 0.427 e. The highest BCUT2D eigenvalue weighted by Crippen LogP contribution is 2.09. The van der Waals surface area contributed by atoms with Crippen LogP contribution in [0.4, 0.5) is 4.79 Å². The predicted molar refractivity (Wildman–Crippen MR) is 72.0 cm³/mol. The van der Waals surface area contributed by atoms with Gasteiger partial charge in [-0.3, -0.25) is 0 Å². The summed E-state index contributed by atoms with van der Waals surface area (Å²) in [5, 5.41) is 3.72. The highest BCUT2D eigenvalue weighted by molar-refractivity contribution is 9.12. The van der Waals surface area contributed by atoms with Gasteiger partial charge in [0.15, 0.2) is 0 Å². The van der Waals surface area contributed by atoms with Gasteiger partial charge in [-0.2, -0.15) is 5.10 Å². The lowest BCUT2D eigenvalue weighted by Crippen LogP contribution is -2.18. The minimum Gasteiger partial charge on any atom is -0.449 e. The number of nitrogens with zero attached hydrogens (tertiary/aromatic N) is 1. The van der Waals surface area contributed by atoms with Crippen LogP contribution in [0.3, 0.4) is 0 Å². The molecule has 0 heterocycles. The topological polar surface area (TPSA) is 50.7 Å². The molecule has 0 saturated carbocycles. The molecule has 5 heteroatoms. The van der Waals surface area contributed by atoms with E-state index in [0.717, 1.165) is 10.0 Å². The maximum Gasteiger partial charge on any atom is 0.427 e. The number of hydrazone groups is 1. The van der Waals surface area contributed by atoms with Gasteiger partial charge in [0.1, 0.15) is 0 Å². The zero-order valence-electron chi connectivity index (χ0n) is 9.39. The molecule has 0 spiro atoms. The number of halogens is 1.